The van der Waals surface area contributed by atoms with E-state index in [1.165, 1.54) is 17.2 Å². The Morgan fingerprint density at radius 3 is 2.77 bits per heavy atom. The number of amides is 1. The first-order valence-electron chi connectivity index (χ1n) is 14.4. The highest BCUT2D eigenvalue weighted by Crippen LogP contribution is 2.39. The molecule has 1 aliphatic heterocycles. The molecule has 0 atom stereocenters. The van der Waals surface area contributed by atoms with Gasteiger partial charge >= 0.3 is 0 Å². The van der Waals surface area contributed by atoms with Crippen molar-refractivity contribution in [2.24, 2.45) is 0 Å². The van der Waals surface area contributed by atoms with Crippen LogP contribution in [0.4, 0.5) is 23.0 Å². The average Bonchev–Trinajstić information content (AvgIpc) is 3.67. The van der Waals surface area contributed by atoms with Gasteiger partial charge in [0.05, 0.1) is 34.3 Å². The number of hydrogen-bond donors (Lipinski definition) is 2. The van der Waals surface area contributed by atoms with Gasteiger partial charge in [0.15, 0.2) is 0 Å². The minimum Gasteiger partial charge on any atom is -0.444 e. The van der Waals surface area contributed by atoms with Crippen molar-refractivity contribution in [1.29, 1.82) is 0 Å². The van der Waals surface area contributed by atoms with Gasteiger partial charge in [-0.3, -0.25) is 4.79 Å². The summed E-state index contributed by atoms with van der Waals surface area (Å²) in [6.07, 6.45) is 10.6. The molecule has 6 rings (SSSR count). The molecule has 0 unspecified atom stereocenters. The van der Waals surface area contributed by atoms with Crippen LogP contribution in [0.3, 0.4) is 0 Å². The summed E-state index contributed by atoms with van der Waals surface area (Å²) in [6.45, 7) is 8.27. The predicted octanol–water partition coefficient (Wildman–Crippen LogP) is 5.87. The van der Waals surface area contributed by atoms with Crippen molar-refractivity contribution in [3.63, 3.8) is 0 Å². The second-order valence-corrected chi connectivity index (χ2v) is 11.2. The van der Waals surface area contributed by atoms with E-state index in [-0.39, 0.29) is 5.91 Å². The molecular weight excluding hydrogens is 540 g/mol. The Morgan fingerprint density at radius 1 is 1.14 bits per heavy atom. The number of oxazole rings is 1. The zero-order valence-corrected chi connectivity index (χ0v) is 25.0. The molecule has 1 aliphatic rings. The summed E-state index contributed by atoms with van der Waals surface area (Å²) in [7, 11) is 6.10. The van der Waals surface area contributed by atoms with Crippen LogP contribution in [0.15, 0.2) is 72.3 Å². The second-order valence-electron chi connectivity index (χ2n) is 11.2. The highest BCUT2D eigenvalue weighted by Gasteiger charge is 2.23. The molecule has 0 bridgehead atoms. The molecule has 0 radical (unpaired) electrons. The van der Waals surface area contributed by atoms with Gasteiger partial charge in [0.1, 0.15) is 6.26 Å². The summed E-state index contributed by atoms with van der Waals surface area (Å²) in [5.41, 5.74) is 8.40. The topological polar surface area (TPSA) is 104 Å². The van der Waals surface area contributed by atoms with Crippen LogP contribution in [0.25, 0.3) is 33.6 Å². The standard InChI is InChI=1S/C33H36N8O2/c1-6-29(42)36-27-18-26(21(2)17-28(27)40(5)15-14-39(3)4)37-33-35-19-24(32-34-12-16-43-32)30(38-33)25-20-41-13-8-10-22-9-7-11-23(25)31(22)41/h6-7,9,11-12,16-20H,1,8,10,13-15H2,2-5H3,(H,36,42)(H,35,37,38). The third-order valence-corrected chi connectivity index (χ3v) is 7.86. The molecule has 10 heteroatoms. The van der Waals surface area contributed by atoms with Crippen molar-refractivity contribution in [3.05, 3.63) is 79.0 Å². The molecule has 220 valence electrons. The summed E-state index contributed by atoms with van der Waals surface area (Å²) in [4.78, 5) is 30.7. The van der Waals surface area contributed by atoms with Gasteiger partial charge in [-0.25, -0.2) is 15.0 Å². The van der Waals surface area contributed by atoms with E-state index < -0.39 is 0 Å². The lowest BCUT2D eigenvalue weighted by Crippen LogP contribution is -2.29. The highest BCUT2D eigenvalue weighted by atomic mass is 16.3. The van der Waals surface area contributed by atoms with E-state index in [1.807, 2.05) is 34.1 Å². The molecular formula is C33H36N8O2. The lowest BCUT2D eigenvalue weighted by Gasteiger charge is -2.25. The number of hydrogen-bond acceptors (Lipinski definition) is 8. The second kappa shape index (κ2) is 11.7. The first kappa shape index (κ1) is 28.2. The SMILES string of the molecule is C=CC(=O)Nc1cc(Nc2ncc(-c3ncco3)c(-c3cn4c5c(cccc35)CCC4)n2)c(C)cc1N(C)CCN(C)C. The van der Waals surface area contributed by atoms with Crippen molar-refractivity contribution in [1.82, 2.24) is 24.4 Å². The molecule has 3 aromatic heterocycles. The first-order chi connectivity index (χ1) is 20.8. The van der Waals surface area contributed by atoms with Gasteiger partial charge < -0.3 is 29.4 Å². The normalized spacial score (nSPS) is 12.5. The van der Waals surface area contributed by atoms with Gasteiger partial charge in [0.2, 0.25) is 17.7 Å². The van der Waals surface area contributed by atoms with Crippen molar-refractivity contribution in [3.8, 4) is 22.7 Å². The summed E-state index contributed by atoms with van der Waals surface area (Å²) in [6, 6.07) is 10.4. The van der Waals surface area contributed by atoms with Gasteiger partial charge in [-0.2, -0.15) is 0 Å². The molecule has 43 heavy (non-hydrogen) atoms. The fourth-order valence-corrected chi connectivity index (χ4v) is 5.62. The zero-order chi connectivity index (χ0) is 30.1. The molecule has 10 nitrogen and oxygen atoms in total. The molecule has 5 aromatic rings. The Hall–Kier alpha value is -4.96. The number of aryl methyl sites for hydroxylation is 3. The quantitative estimate of drug-likeness (QED) is 0.199. The fourth-order valence-electron chi connectivity index (χ4n) is 5.62. The minimum absolute atomic E-state index is 0.279. The molecule has 0 fully saturated rings. The molecule has 0 aliphatic carbocycles. The maximum atomic E-state index is 12.4. The van der Waals surface area contributed by atoms with Crippen LogP contribution < -0.4 is 15.5 Å². The summed E-state index contributed by atoms with van der Waals surface area (Å²) in [5, 5.41) is 7.53. The van der Waals surface area contributed by atoms with Crippen molar-refractivity contribution >= 4 is 39.8 Å². The Morgan fingerprint density at radius 2 is 2.00 bits per heavy atom. The van der Waals surface area contributed by atoms with Crippen molar-refractivity contribution in [2.45, 2.75) is 26.3 Å². The third-order valence-electron chi connectivity index (χ3n) is 7.86. The lowest BCUT2D eigenvalue weighted by atomic mass is 10.0. The number of aromatic nitrogens is 4. The molecule has 2 aromatic carbocycles. The van der Waals surface area contributed by atoms with E-state index in [1.54, 1.807) is 18.7 Å². The summed E-state index contributed by atoms with van der Waals surface area (Å²) < 4.78 is 8.02. The molecule has 2 N–H and O–H groups in total. The van der Waals surface area contributed by atoms with E-state index in [4.69, 9.17) is 9.40 Å². The van der Waals surface area contributed by atoms with E-state index in [9.17, 15) is 4.79 Å². The van der Waals surface area contributed by atoms with E-state index >= 15 is 0 Å². The lowest BCUT2D eigenvalue weighted by molar-refractivity contribution is -0.111. The van der Waals surface area contributed by atoms with Crippen LogP contribution in [0, 0.1) is 6.92 Å². The van der Waals surface area contributed by atoms with Gasteiger partial charge in [-0.05, 0) is 63.2 Å². The molecule has 4 heterocycles. The monoisotopic (exact) mass is 576 g/mol. The summed E-state index contributed by atoms with van der Waals surface area (Å²) >= 11 is 0. The van der Waals surface area contributed by atoms with Crippen LogP contribution in [0.1, 0.15) is 17.5 Å². The molecule has 0 spiro atoms. The van der Waals surface area contributed by atoms with E-state index in [0.717, 1.165) is 66.1 Å². The summed E-state index contributed by atoms with van der Waals surface area (Å²) in [5.74, 6) is 0.609. The smallest absolute Gasteiger partial charge is 0.247 e. The largest absolute Gasteiger partial charge is 0.444 e. The predicted molar refractivity (Wildman–Crippen MR) is 172 cm³/mol. The Labute approximate surface area is 251 Å². The number of carbonyl (C=O) groups excluding carboxylic acids is 1. The number of likely N-dealkylation sites (N-methyl/N-ethyl adjacent to an activating group) is 2. The molecule has 0 saturated carbocycles. The van der Waals surface area contributed by atoms with Crippen LogP contribution in [-0.2, 0) is 17.8 Å². The van der Waals surface area contributed by atoms with Gasteiger partial charge in [0.25, 0.3) is 0 Å². The van der Waals surface area contributed by atoms with Crippen LogP contribution >= 0.6 is 0 Å². The number of nitrogens with zero attached hydrogens (tertiary/aromatic N) is 6. The first-order valence-corrected chi connectivity index (χ1v) is 14.4. The van der Waals surface area contributed by atoms with E-state index in [2.05, 4.69) is 72.0 Å². The molecule has 1 amide bonds. The Kier molecular flexibility index (Phi) is 7.69. The number of anilines is 4. The Bertz CT molecular complexity index is 1810. The number of rotatable bonds is 10. The maximum Gasteiger partial charge on any atom is 0.247 e. The number of carbonyl (C=O) groups is 1. The minimum atomic E-state index is -0.279. The average molecular weight is 577 g/mol. The fraction of sp³-hybridized carbons (Fsp3) is 0.273. The van der Waals surface area contributed by atoms with Crippen molar-refractivity contribution in [2.75, 3.05) is 49.8 Å². The highest BCUT2D eigenvalue weighted by molar-refractivity contribution is 6.02. The zero-order valence-electron chi connectivity index (χ0n) is 25.0. The molecule has 0 saturated heterocycles. The van der Waals surface area contributed by atoms with Crippen molar-refractivity contribution < 1.29 is 9.21 Å². The third kappa shape index (κ3) is 5.61. The van der Waals surface area contributed by atoms with Crippen LogP contribution in [0.5, 0.6) is 0 Å². The maximum absolute atomic E-state index is 12.4. The van der Waals surface area contributed by atoms with E-state index in [0.29, 0.717) is 23.1 Å². The van der Waals surface area contributed by atoms with Gasteiger partial charge in [-0.15, -0.1) is 0 Å². The van der Waals surface area contributed by atoms with Gasteiger partial charge in [0, 0.05) is 55.7 Å². The number of benzene rings is 2. The van der Waals surface area contributed by atoms with Crippen LogP contribution in [-0.4, -0.2) is 64.6 Å². The number of nitrogens with one attached hydrogen (secondary N) is 2. The number of para-hydroxylation sites is 1. The van der Waals surface area contributed by atoms with Gasteiger partial charge in [-0.1, -0.05) is 24.8 Å². The Balaban J connectivity index is 1.42. The van der Waals surface area contributed by atoms with Crippen LogP contribution in [0.2, 0.25) is 0 Å².